The maximum absolute atomic E-state index is 12.0. The van der Waals surface area contributed by atoms with E-state index in [1.165, 1.54) is 23.3 Å². The number of benzene rings is 2. The fourth-order valence-corrected chi connectivity index (χ4v) is 2.75. The summed E-state index contributed by atoms with van der Waals surface area (Å²) >= 11 is 1.56. The van der Waals surface area contributed by atoms with Crippen molar-refractivity contribution in [2.24, 2.45) is 0 Å². The molecule has 2 aromatic rings. The van der Waals surface area contributed by atoms with Crippen molar-refractivity contribution in [2.45, 2.75) is 18.7 Å². The summed E-state index contributed by atoms with van der Waals surface area (Å²) in [6, 6.07) is 12.6. The van der Waals surface area contributed by atoms with Gasteiger partial charge in [-0.3, -0.25) is 4.79 Å². The smallest absolute Gasteiger partial charge is 0.173 e. The Morgan fingerprint density at radius 2 is 1.79 bits per heavy atom. The quantitative estimate of drug-likeness (QED) is 0.675. The Morgan fingerprint density at radius 3 is 2.47 bits per heavy atom. The van der Waals surface area contributed by atoms with Gasteiger partial charge in [-0.15, -0.1) is 11.8 Å². The highest BCUT2D eigenvalue weighted by Crippen LogP contribution is 2.24. The van der Waals surface area contributed by atoms with Gasteiger partial charge >= 0.3 is 0 Å². The van der Waals surface area contributed by atoms with E-state index in [9.17, 15) is 9.90 Å². The van der Waals surface area contributed by atoms with Crippen molar-refractivity contribution in [3.05, 3.63) is 59.2 Å². The van der Waals surface area contributed by atoms with Crippen LogP contribution in [0.2, 0.25) is 0 Å². The molecule has 0 heterocycles. The van der Waals surface area contributed by atoms with Crippen molar-refractivity contribution in [3.8, 4) is 5.75 Å². The summed E-state index contributed by atoms with van der Waals surface area (Å²) in [7, 11) is 0. The number of Topliss-reactive ketones (excluding diaryl/α,β-unsaturated/α-hetero) is 1. The van der Waals surface area contributed by atoms with Crippen LogP contribution >= 0.6 is 11.8 Å². The fraction of sp³-hybridized carbons (Fsp3) is 0.188. The first kappa shape index (κ1) is 13.7. The molecule has 0 fully saturated rings. The minimum atomic E-state index is 0.0749. The molecule has 0 amide bonds. The molecular weight excluding hydrogens is 256 g/mol. The standard InChI is InChI=1S/C16H16O2S/c1-11-3-4-12(2)16(9-11)19-10-15(18)13-5-7-14(17)8-6-13/h3-9,17H,10H2,1-2H3. The van der Waals surface area contributed by atoms with E-state index in [1.54, 1.807) is 23.9 Å². The number of carbonyl (C=O) groups is 1. The minimum absolute atomic E-state index is 0.0749. The van der Waals surface area contributed by atoms with Crippen LogP contribution in [0.5, 0.6) is 5.75 Å². The molecule has 0 radical (unpaired) electrons. The molecule has 0 aliphatic rings. The Balaban J connectivity index is 2.04. The number of thioether (sulfide) groups is 1. The number of aryl methyl sites for hydroxylation is 2. The molecular formula is C16H16O2S. The lowest BCUT2D eigenvalue weighted by atomic mass is 10.1. The van der Waals surface area contributed by atoms with E-state index in [4.69, 9.17) is 0 Å². The van der Waals surface area contributed by atoms with Crippen LogP contribution in [0.25, 0.3) is 0 Å². The Bertz CT molecular complexity index is 588. The molecule has 2 rings (SSSR count). The van der Waals surface area contributed by atoms with Crippen LogP contribution in [-0.2, 0) is 0 Å². The first-order valence-electron chi connectivity index (χ1n) is 6.08. The van der Waals surface area contributed by atoms with Gasteiger partial charge in [0.15, 0.2) is 5.78 Å². The summed E-state index contributed by atoms with van der Waals surface area (Å²) in [5.74, 6) is 0.666. The Labute approximate surface area is 117 Å². The van der Waals surface area contributed by atoms with Crippen LogP contribution < -0.4 is 0 Å². The fourth-order valence-electron chi connectivity index (χ4n) is 1.74. The number of ketones is 1. The lowest BCUT2D eigenvalue weighted by Gasteiger charge is -2.06. The molecule has 0 aliphatic heterocycles. The Hall–Kier alpha value is -1.74. The van der Waals surface area contributed by atoms with Crippen molar-refractivity contribution in [1.29, 1.82) is 0 Å². The van der Waals surface area contributed by atoms with E-state index in [-0.39, 0.29) is 11.5 Å². The topological polar surface area (TPSA) is 37.3 Å². The second-order valence-electron chi connectivity index (χ2n) is 4.53. The van der Waals surface area contributed by atoms with Crippen LogP contribution in [0.4, 0.5) is 0 Å². The monoisotopic (exact) mass is 272 g/mol. The van der Waals surface area contributed by atoms with E-state index in [0.717, 1.165) is 4.90 Å². The number of phenolic OH excluding ortho intramolecular Hbond substituents is 1. The third kappa shape index (κ3) is 3.61. The Kier molecular flexibility index (Phi) is 4.27. The maximum atomic E-state index is 12.0. The molecule has 2 aromatic carbocycles. The zero-order chi connectivity index (χ0) is 13.8. The molecule has 0 atom stereocenters. The summed E-state index contributed by atoms with van der Waals surface area (Å²) in [6.07, 6.45) is 0. The SMILES string of the molecule is Cc1ccc(C)c(SCC(=O)c2ccc(O)cc2)c1. The van der Waals surface area contributed by atoms with Crippen molar-refractivity contribution in [3.63, 3.8) is 0 Å². The van der Waals surface area contributed by atoms with Gasteiger partial charge in [-0.2, -0.15) is 0 Å². The van der Waals surface area contributed by atoms with Crippen molar-refractivity contribution in [1.82, 2.24) is 0 Å². The van der Waals surface area contributed by atoms with Crippen molar-refractivity contribution < 1.29 is 9.90 Å². The van der Waals surface area contributed by atoms with E-state index in [1.807, 2.05) is 13.8 Å². The second kappa shape index (κ2) is 5.93. The van der Waals surface area contributed by atoms with E-state index in [0.29, 0.717) is 11.3 Å². The molecule has 0 saturated carbocycles. The number of phenols is 1. The van der Waals surface area contributed by atoms with Crippen molar-refractivity contribution in [2.75, 3.05) is 5.75 Å². The normalized spacial score (nSPS) is 10.4. The Morgan fingerprint density at radius 1 is 1.11 bits per heavy atom. The summed E-state index contributed by atoms with van der Waals surface area (Å²) in [4.78, 5) is 13.2. The summed E-state index contributed by atoms with van der Waals surface area (Å²) in [5, 5.41) is 9.20. The third-order valence-electron chi connectivity index (χ3n) is 2.89. The largest absolute Gasteiger partial charge is 0.508 e. The predicted octanol–water partition coefficient (Wildman–Crippen LogP) is 3.98. The zero-order valence-corrected chi connectivity index (χ0v) is 11.8. The molecule has 0 spiro atoms. The molecule has 98 valence electrons. The van der Waals surface area contributed by atoms with Crippen LogP contribution in [-0.4, -0.2) is 16.6 Å². The number of hydrogen-bond acceptors (Lipinski definition) is 3. The average molecular weight is 272 g/mol. The molecule has 0 aromatic heterocycles. The minimum Gasteiger partial charge on any atom is -0.508 e. The molecule has 0 bridgehead atoms. The lowest BCUT2D eigenvalue weighted by molar-refractivity contribution is 0.102. The average Bonchev–Trinajstić information content (AvgIpc) is 2.40. The summed E-state index contributed by atoms with van der Waals surface area (Å²) in [5.41, 5.74) is 3.02. The predicted molar refractivity (Wildman–Crippen MR) is 79.1 cm³/mol. The molecule has 0 aliphatic carbocycles. The van der Waals surface area contributed by atoms with Crippen LogP contribution in [0.3, 0.4) is 0 Å². The zero-order valence-electron chi connectivity index (χ0n) is 11.0. The highest BCUT2D eigenvalue weighted by atomic mass is 32.2. The van der Waals surface area contributed by atoms with Gasteiger partial charge in [0.25, 0.3) is 0 Å². The van der Waals surface area contributed by atoms with Gasteiger partial charge < -0.3 is 5.11 Å². The van der Waals surface area contributed by atoms with Crippen molar-refractivity contribution >= 4 is 17.5 Å². The summed E-state index contributed by atoms with van der Waals surface area (Å²) < 4.78 is 0. The van der Waals surface area contributed by atoms with Gasteiger partial charge in [0.05, 0.1) is 5.75 Å². The molecule has 0 saturated heterocycles. The van der Waals surface area contributed by atoms with Crippen LogP contribution in [0.1, 0.15) is 21.5 Å². The molecule has 3 heteroatoms. The maximum Gasteiger partial charge on any atom is 0.173 e. The van der Waals surface area contributed by atoms with Gasteiger partial charge in [-0.1, -0.05) is 17.7 Å². The van der Waals surface area contributed by atoms with Gasteiger partial charge in [0, 0.05) is 10.5 Å². The van der Waals surface area contributed by atoms with E-state index >= 15 is 0 Å². The van der Waals surface area contributed by atoms with E-state index < -0.39 is 0 Å². The van der Waals surface area contributed by atoms with Crippen LogP contribution in [0, 0.1) is 13.8 Å². The number of rotatable bonds is 4. The molecule has 1 N–H and O–H groups in total. The van der Waals surface area contributed by atoms with Gasteiger partial charge in [-0.25, -0.2) is 0 Å². The highest BCUT2D eigenvalue weighted by molar-refractivity contribution is 8.00. The molecule has 0 unspecified atom stereocenters. The highest BCUT2D eigenvalue weighted by Gasteiger charge is 2.08. The first-order valence-corrected chi connectivity index (χ1v) is 7.07. The van der Waals surface area contributed by atoms with Gasteiger partial charge in [0.2, 0.25) is 0 Å². The lowest BCUT2D eigenvalue weighted by Crippen LogP contribution is -2.02. The second-order valence-corrected chi connectivity index (χ2v) is 5.54. The van der Waals surface area contributed by atoms with Gasteiger partial charge in [-0.05, 0) is 49.7 Å². The van der Waals surface area contributed by atoms with Gasteiger partial charge in [0.1, 0.15) is 5.75 Å². The number of carbonyl (C=O) groups excluding carboxylic acids is 1. The van der Waals surface area contributed by atoms with E-state index in [2.05, 4.69) is 18.2 Å². The molecule has 19 heavy (non-hydrogen) atoms. The third-order valence-corrected chi connectivity index (χ3v) is 4.05. The van der Waals surface area contributed by atoms with Crippen LogP contribution in [0.15, 0.2) is 47.4 Å². The number of hydrogen-bond donors (Lipinski definition) is 1. The first-order chi connectivity index (χ1) is 9.06. The summed E-state index contributed by atoms with van der Waals surface area (Å²) in [6.45, 7) is 4.10. The number of aromatic hydroxyl groups is 1. The molecule has 2 nitrogen and oxygen atoms in total.